The second kappa shape index (κ2) is 6.82. The van der Waals surface area contributed by atoms with Crippen LogP contribution in [-0.4, -0.2) is 12.6 Å². The lowest BCUT2D eigenvalue weighted by Crippen LogP contribution is -2.19. The number of ether oxygens (including phenoxy) is 1. The van der Waals surface area contributed by atoms with Crippen molar-refractivity contribution in [2.45, 2.75) is 44.9 Å². The van der Waals surface area contributed by atoms with Gasteiger partial charge in [0.25, 0.3) is 0 Å². The van der Waals surface area contributed by atoms with E-state index in [2.05, 4.69) is 0 Å². The molecular formula is C16H20F2O2. The minimum atomic E-state index is -0.535. The Morgan fingerprint density at radius 1 is 1.25 bits per heavy atom. The third-order valence-corrected chi connectivity index (χ3v) is 3.90. The quantitative estimate of drug-likeness (QED) is 0.774. The molecule has 1 aliphatic carbocycles. The molecule has 2 rings (SSSR count). The number of carbonyl (C=O) groups excluding carboxylic acids is 1. The molecule has 0 heterocycles. The zero-order valence-corrected chi connectivity index (χ0v) is 11.7. The van der Waals surface area contributed by atoms with Crippen molar-refractivity contribution in [3.8, 4) is 0 Å². The third-order valence-electron chi connectivity index (χ3n) is 3.90. The van der Waals surface area contributed by atoms with Gasteiger partial charge in [0.2, 0.25) is 0 Å². The molecule has 2 unspecified atom stereocenters. The molecule has 2 atom stereocenters. The molecule has 0 radical (unpaired) electrons. The first-order valence-corrected chi connectivity index (χ1v) is 7.20. The maximum Gasteiger partial charge on any atom is 0.306 e. The van der Waals surface area contributed by atoms with E-state index in [1.165, 1.54) is 12.1 Å². The molecule has 1 saturated carbocycles. The Morgan fingerprint density at radius 2 is 1.95 bits per heavy atom. The van der Waals surface area contributed by atoms with E-state index in [1.54, 1.807) is 6.92 Å². The fourth-order valence-corrected chi connectivity index (χ4v) is 3.05. The van der Waals surface area contributed by atoms with Gasteiger partial charge in [0.15, 0.2) is 0 Å². The number of esters is 1. The van der Waals surface area contributed by atoms with Crippen LogP contribution in [0, 0.1) is 17.6 Å². The number of hydrogen-bond acceptors (Lipinski definition) is 2. The predicted molar refractivity (Wildman–Crippen MR) is 72.3 cm³/mol. The molecule has 1 aliphatic rings. The Kier molecular flexibility index (Phi) is 5.10. The molecule has 0 spiro atoms. The van der Waals surface area contributed by atoms with E-state index in [1.807, 2.05) is 0 Å². The summed E-state index contributed by atoms with van der Waals surface area (Å²) in [6.07, 6.45) is 4.08. The Bertz CT molecular complexity index is 453. The topological polar surface area (TPSA) is 26.3 Å². The average molecular weight is 282 g/mol. The van der Waals surface area contributed by atoms with Crippen LogP contribution < -0.4 is 0 Å². The second-order valence-electron chi connectivity index (χ2n) is 5.44. The van der Waals surface area contributed by atoms with Crippen LogP contribution >= 0.6 is 0 Å². The highest BCUT2D eigenvalue weighted by Gasteiger charge is 2.26. The third kappa shape index (κ3) is 4.02. The fraction of sp³-hybridized carbons (Fsp3) is 0.562. The van der Waals surface area contributed by atoms with Gasteiger partial charge in [-0.25, -0.2) is 8.78 Å². The van der Waals surface area contributed by atoms with Crippen LogP contribution in [0.3, 0.4) is 0 Å². The highest BCUT2D eigenvalue weighted by Crippen LogP contribution is 2.38. The Hall–Kier alpha value is -1.45. The number of halogens is 2. The molecule has 0 bridgehead atoms. The first-order valence-electron chi connectivity index (χ1n) is 7.20. The van der Waals surface area contributed by atoms with Gasteiger partial charge >= 0.3 is 5.97 Å². The van der Waals surface area contributed by atoms with Crippen LogP contribution in [0.1, 0.15) is 50.5 Å². The molecule has 0 N–H and O–H groups in total. The van der Waals surface area contributed by atoms with Crippen LogP contribution in [0.2, 0.25) is 0 Å². The smallest absolute Gasteiger partial charge is 0.306 e. The van der Waals surface area contributed by atoms with E-state index >= 15 is 0 Å². The molecule has 0 amide bonds. The lowest BCUT2D eigenvalue weighted by atomic mass is 9.77. The maximum atomic E-state index is 13.3. The molecule has 20 heavy (non-hydrogen) atoms. The van der Waals surface area contributed by atoms with E-state index in [9.17, 15) is 13.6 Å². The summed E-state index contributed by atoms with van der Waals surface area (Å²) >= 11 is 0. The summed E-state index contributed by atoms with van der Waals surface area (Å²) in [7, 11) is 0. The summed E-state index contributed by atoms with van der Waals surface area (Å²) in [5, 5.41) is 0. The zero-order chi connectivity index (χ0) is 14.5. The first kappa shape index (κ1) is 14.9. The summed E-state index contributed by atoms with van der Waals surface area (Å²) in [5.41, 5.74) is 0.705. The molecule has 2 nitrogen and oxygen atoms in total. The van der Waals surface area contributed by atoms with Crippen LogP contribution in [0.4, 0.5) is 8.78 Å². The second-order valence-corrected chi connectivity index (χ2v) is 5.44. The van der Waals surface area contributed by atoms with Gasteiger partial charge < -0.3 is 4.74 Å². The zero-order valence-electron chi connectivity index (χ0n) is 11.7. The van der Waals surface area contributed by atoms with Crippen LogP contribution in [0.15, 0.2) is 18.2 Å². The lowest BCUT2D eigenvalue weighted by molar-refractivity contribution is -0.144. The Balaban J connectivity index is 2.01. The van der Waals surface area contributed by atoms with Crippen molar-refractivity contribution in [2.75, 3.05) is 6.61 Å². The summed E-state index contributed by atoms with van der Waals surface area (Å²) in [6, 6.07) is 3.70. The van der Waals surface area contributed by atoms with E-state index in [0.717, 1.165) is 31.7 Å². The van der Waals surface area contributed by atoms with Crippen LogP contribution in [0.25, 0.3) is 0 Å². The van der Waals surface area contributed by atoms with Crippen molar-refractivity contribution in [1.82, 2.24) is 0 Å². The summed E-state index contributed by atoms with van der Waals surface area (Å²) in [4.78, 5) is 11.5. The van der Waals surface area contributed by atoms with Gasteiger partial charge in [0, 0.05) is 12.5 Å². The summed E-state index contributed by atoms with van der Waals surface area (Å²) in [5.74, 6) is -0.865. The number of hydrogen-bond donors (Lipinski definition) is 0. The molecule has 1 fully saturated rings. The molecule has 4 heteroatoms. The highest BCUT2D eigenvalue weighted by atomic mass is 19.1. The van der Waals surface area contributed by atoms with E-state index in [-0.39, 0.29) is 17.8 Å². The average Bonchev–Trinajstić information content (AvgIpc) is 2.38. The van der Waals surface area contributed by atoms with Crippen molar-refractivity contribution < 1.29 is 18.3 Å². The standard InChI is InChI=1S/C16H20F2O2/c1-2-20-16(19)7-11-4-3-5-12(6-11)13-8-14(17)10-15(18)9-13/h8-12H,2-7H2,1H3. The minimum absolute atomic E-state index is 0.133. The van der Waals surface area contributed by atoms with E-state index in [0.29, 0.717) is 18.6 Å². The van der Waals surface area contributed by atoms with Gasteiger partial charge in [0.05, 0.1) is 6.61 Å². The van der Waals surface area contributed by atoms with Gasteiger partial charge in [-0.2, -0.15) is 0 Å². The predicted octanol–water partition coefficient (Wildman–Crippen LogP) is 4.19. The monoisotopic (exact) mass is 282 g/mol. The lowest BCUT2D eigenvalue weighted by Gasteiger charge is -2.29. The summed E-state index contributed by atoms with van der Waals surface area (Å²) < 4.78 is 31.5. The van der Waals surface area contributed by atoms with Crippen molar-refractivity contribution >= 4 is 5.97 Å². The molecule has 0 saturated heterocycles. The van der Waals surface area contributed by atoms with Crippen molar-refractivity contribution in [2.24, 2.45) is 5.92 Å². The largest absolute Gasteiger partial charge is 0.466 e. The molecule has 0 aliphatic heterocycles. The number of rotatable bonds is 4. The van der Waals surface area contributed by atoms with Crippen molar-refractivity contribution in [1.29, 1.82) is 0 Å². The van der Waals surface area contributed by atoms with Crippen molar-refractivity contribution in [3.63, 3.8) is 0 Å². The maximum absolute atomic E-state index is 13.3. The minimum Gasteiger partial charge on any atom is -0.466 e. The van der Waals surface area contributed by atoms with Gasteiger partial charge in [-0.05, 0) is 55.7 Å². The molecule has 1 aromatic carbocycles. The van der Waals surface area contributed by atoms with Crippen LogP contribution in [0.5, 0.6) is 0 Å². The molecule has 0 aromatic heterocycles. The van der Waals surface area contributed by atoms with Gasteiger partial charge in [-0.15, -0.1) is 0 Å². The van der Waals surface area contributed by atoms with E-state index in [4.69, 9.17) is 4.74 Å². The van der Waals surface area contributed by atoms with E-state index < -0.39 is 11.6 Å². The Morgan fingerprint density at radius 3 is 2.60 bits per heavy atom. The fourth-order valence-electron chi connectivity index (χ4n) is 3.05. The highest BCUT2D eigenvalue weighted by molar-refractivity contribution is 5.69. The van der Waals surface area contributed by atoms with Gasteiger partial charge in [-0.1, -0.05) is 6.42 Å². The van der Waals surface area contributed by atoms with Gasteiger partial charge in [-0.3, -0.25) is 4.79 Å². The number of benzene rings is 1. The van der Waals surface area contributed by atoms with Gasteiger partial charge in [0.1, 0.15) is 11.6 Å². The van der Waals surface area contributed by atoms with Crippen molar-refractivity contribution in [3.05, 3.63) is 35.4 Å². The van der Waals surface area contributed by atoms with Crippen LogP contribution in [-0.2, 0) is 9.53 Å². The summed E-state index contributed by atoms with van der Waals surface area (Å²) in [6.45, 7) is 2.18. The SMILES string of the molecule is CCOC(=O)CC1CCCC(c2cc(F)cc(F)c2)C1. The molecule has 1 aromatic rings. The molecule has 110 valence electrons. The normalized spacial score (nSPS) is 22.6. The number of carbonyl (C=O) groups is 1. The Labute approximate surface area is 118 Å². The first-order chi connectivity index (χ1) is 9.58. The molecular weight excluding hydrogens is 262 g/mol.